The van der Waals surface area contributed by atoms with Gasteiger partial charge in [0.05, 0.1) is 7.11 Å². The van der Waals surface area contributed by atoms with Crippen molar-refractivity contribution in [2.24, 2.45) is 0 Å². The SMILES string of the molecule is COC(=O)c1csc(-c2cscc2C)n1. The van der Waals surface area contributed by atoms with Crippen LogP contribution in [-0.2, 0) is 4.74 Å². The van der Waals surface area contributed by atoms with Crippen LogP contribution in [0.1, 0.15) is 16.1 Å². The lowest BCUT2D eigenvalue weighted by Crippen LogP contribution is -2.00. The summed E-state index contributed by atoms with van der Waals surface area (Å²) < 4.78 is 4.61. The highest BCUT2D eigenvalue weighted by Crippen LogP contribution is 2.29. The number of thiophene rings is 1. The Hall–Kier alpha value is -1.20. The van der Waals surface area contributed by atoms with E-state index >= 15 is 0 Å². The molecular weight excluding hydrogens is 230 g/mol. The standard InChI is InChI=1S/C10H9NO2S2/c1-6-3-14-4-7(6)9-11-8(5-15-9)10(12)13-2/h3-5H,1-2H3. The zero-order chi connectivity index (χ0) is 10.8. The fourth-order valence-corrected chi connectivity index (χ4v) is 2.95. The lowest BCUT2D eigenvalue weighted by atomic mass is 10.2. The summed E-state index contributed by atoms with van der Waals surface area (Å²) in [5.41, 5.74) is 2.66. The number of nitrogens with zero attached hydrogens (tertiary/aromatic N) is 1. The maximum atomic E-state index is 11.2. The molecule has 0 aliphatic heterocycles. The topological polar surface area (TPSA) is 39.2 Å². The minimum absolute atomic E-state index is 0.378. The van der Waals surface area contributed by atoms with Gasteiger partial charge in [0.2, 0.25) is 0 Å². The second-order valence-corrected chi connectivity index (χ2v) is 4.60. The predicted molar refractivity (Wildman–Crippen MR) is 61.5 cm³/mol. The van der Waals surface area contributed by atoms with Crippen molar-refractivity contribution in [3.05, 3.63) is 27.4 Å². The third-order valence-corrected chi connectivity index (χ3v) is 3.72. The lowest BCUT2D eigenvalue weighted by molar-refractivity contribution is 0.0595. The van der Waals surface area contributed by atoms with Crippen molar-refractivity contribution >= 4 is 28.6 Å². The summed E-state index contributed by atoms with van der Waals surface area (Å²) in [5.74, 6) is -0.384. The Labute approximate surface area is 95.4 Å². The molecule has 3 nitrogen and oxygen atoms in total. The van der Waals surface area contributed by atoms with Crippen molar-refractivity contribution < 1.29 is 9.53 Å². The van der Waals surface area contributed by atoms with Crippen molar-refractivity contribution in [2.75, 3.05) is 7.11 Å². The number of ether oxygens (including phenoxy) is 1. The molecule has 0 unspecified atom stereocenters. The number of carbonyl (C=O) groups excluding carboxylic acids is 1. The first-order valence-electron chi connectivity index (χ1n) is 4.29. The number of carbonyl (C=O) groups is 1. The second kappa shape index (κ2) is 4.12. The number of aromatic nitrogens is 1. The minimum atomic E-state index is -0.384. The van der Waals surface area contributed by atoms with E-state index in [1.165, 1.54) is 24.0 Å². The zero-order valence-corrected chi connectivity index (χ0v) is 9.95. The van der Waals surface area contributed by atoms with Crippen LogP contribution in [0, 0.1) is 6.92 Å². The first-order valence-corrected chi connectivity index (χ1v) is 6.11. The van der Waals surface area contributed by atoms with Gasteiger partial charge in [-0.2, -0.15) is 11.3 Å². The Morgan fingerprint density at radius 1 is 1.40 bits per heavy atom. The molecule has 2 heterocycles. The summed E-state index contributed by atoms with van der Waals surface area (Å²) in [6, 6.07) is 0. The molecule has 0 bridgehead atoms. The first kappa shape index (κ1) is 10.3. The van der Waals surface area contributed by atoms with Gasteiger partial charge in [-0.15, -0.1) is 11.3 Å². The molecule has 78 valence electrons. The highest BCUT2D eigenvalue weighted by Gasteiger charge is 2.13. The van der Waals surface area contributed by atoms with Crippen LogP contribution in [0.15, 0.2) is 16.1 Å². The fraction of sp³-hybridized carbons (Fsp3) is 0.200. The average Bonchev–Trinajstić information content (AvgIpc) is 2.84. The quantitative estimate of drug-likeness (QED) is 0.756. The van der Waals surface area contributed by atoms with Crippen LogP contribution in [0.5, 0.6) is 0 Å². The zero-order valence-electron chi connectivity index (χ0n) is 8.31. The van der Waals surface area contributed by atoms with Crippen molar-refractivity contribution in [1.29, 1.82) is 0 Å². The third kappa shape index (κ3) is 1.93. The highest BCUT2D eigenvalue weighted by molar-refractivity contribution is 7.14. The van der Waals surface area contributed by atoms with Crippen molar-refractivity contribution in [3.63, 3.8) is 0 Å². The maximum Gasteiger partial charge on any atom is 0.357 e. The number of thiazole rings is 1. The number of hydrogen-bond acceptors (Lipinski definition) is 5. The lowest BCUT2D eigenvalue weighted by Gasteiger charge is -1.93. The van der Waals surface area contributed by atoms with Crippen molar-refractivity contribution in [1.82, 2.24) is 4.98 Å². The smallest absolute Gasteiger partial charge is 0.357 e. The normalized spacial score (nSPS) is 10.3. The largest absolute Gasteiger partial charge is 0.464 e. The predicted octanol–water partition coefficient (Wildman–Crippen LogP) is 2.97. The molecule has 0 fully saturated rings. The Morgan fingerprint density at radius 3 is 2.80 bits per heavy atom. The third-order valence-electron chi connectivity index (χ3n) is 1.98. The van der Waals surface area contributed by atoms with Gasteiger partial charge in [-0.3, -0.25) is 0 Å². The minimum Gasteiger partial charge on any atom is -0.464 e. The van der Waals surface area contributed by atoms with E-state index in [0.717, 1.165) is 10.6 Å². The number of rotatable bonds is 2. The molecule has 2 aromatic rings. The van der Waals surface area contributed by atoms with Gasteiger partial charge >= 0.3 is 5.97 Å². The Kier molecular flexibility index (Phi) is 2.83. The monoisotopic (exact) mass is 239 g/mol. The van der Waals surface area contributed by atoms with Crippen LogP contribution in [0.3, 0.4) is 0 Å². The van der Waals surface area contributed by atoms with E-state index in [9.17, 15) is 4.79 Å². The van der Waals surface area contributed by atoms with Crippen LogP contribution in [0.25, 0.3) is 10.6 Å². The molecule has 0 N–H and O–H groups in total. The molecule has 2 aromatic heterocycles. The highest BCUT2D eigenvalue weighted by atomic mass is 32.1. The molecule has 15 heavy (non-hydrogen) atoms. The molecule has 0 saturated carbocycles. The summed E-state index contributed by atoms with van der Waals surface area (Å²) in [6.45, 7) is 2.03. The van der Waals surface area contributed by atoms with Gasteiger partial charge in [0.15, 0.2) is 5.69 Å². The van der Waals surface area contributed by atoms with Gasteiger partial charge in [0.1, 0.15) is 5.01 Å². The Balaban J connectivity index is 2.36. The fourth-order valence-electron chi connectivity index (χ4n) is 1.18. The van der Waals surface area contributed by atoms with E-state index in [-0.39, 0.29) is 5.97 Å². The molecule has 0 saturated heterocycles. The molecule has 0 atom stereocenters. The van der Waals surface area contributed by atoms with Gasteiger partial charge in [-0.05, 0) is 17.9 Å². The van der Waals surface area contributed by atoms with Gasteiger partial charge < -0.3 is 4.74 Å². The van der Waals surface area contributed by atoms with E-state index in [0.29, 0.717) is 5.69 Å². The average molecular weight is 239 g/mol. The molecule has 0 aromatic carbocycles. The summed E-state index contributed by atoms with van der Waals surface area (Å²) in [7, 11) is 1.36. The summed E-state index contributed by atoms with van der Waals surface area (Å²) in [6.07, 6.45) is 0. The number of methoxy groups -OCH3 is 1. The Bertz CT molecular complexity index is 487. The Morgan fingerprint density at radius 2 is 2.20 bits per heavy atom. The summed E-state index contributed by atoms with van der Waals surface area (Å²) in [4.78, 5) is 15.4. The molecular formula is C10H9NO2S2. The van der Waals surface area contributed by atoms with E-state index in [2.05, 4.69) is 15.1 Å². The van der Waals surface area contributed by atoms with Crippen molar-refractivity contribution in [3.8, 4) is 10.6 Å². The van der Waals surface area contributed by atoms with E-state index in [1.54, 1.807) is 16.7 Å². The van der Waals surface area contributed by atoms with Gasteiger partial charge in [-0.25, -0.2) is 9.78 Å². The van der Waals surface area contributed by atoms with Crippen LogP contribution < -0.4 is 0 Å². The number of aryl methyl sites for hydroxylation is 1. The number of hydrogen-bond donors (Lipinski definition) is 0. The molecule has 0 aliphatic rings. The number of esters is 1. The van der Waals surface area contributed by atoms with Crippen LogP contribution in [-0.4, -0.2) is 18.1 Å². The van der Waals surface area contributed by atoms with Gasteiger partial charge in [0, 0.05) is 16.3 Å². The van der Waals surface area contributed by atoms with Crippen LogP contribution >= 0.6 is 22.7 Å². The van der Waals surface area contributed by atoms with Crippen LogP contribution in [0.2, 0.25) is 0 Å². The first-order chi connectivity index (χ1) is 7.22. The summed E-state index contributed by atoms with van der Waals surface area (Å²) in [5, 5.41) is 6.69. The molecule has 5 heteroatoms. The van der Waals surface area contributed by atoms with Gasteiger partial charge in [0.25, 0.3) is 0 Å². The molecule has 0 amide bonds. The van der Waals surface area contributed by atoms with Crippen LogP contribution in [0.4, 0.5) is 0 Å². The van der Waals surface area contributed by atoms with E-state index in [1.807, 2.05) is 12.3 Å². The van der Waals surface area contributed by atoms with E-state index in [4.69, 9.17) is 0 Å². The van der Waals surface area contributed by atoms with E-state index < -0.39 is 0 Å². The van der Waals surface area contributed by atoms with Crippen molar-refractivity contribution in [2.45, 2.75) is 6.92 Å². The molecule has 0 spiro atoms. The molecule has 2 rings (SSSR count). The van der Waals surface area contributed by atoms with Gasteiger partial charge in [-0.1, -0.05) is 0 Å². The maximum absolute atomic E-state index is 11.2. The second-order valence-electron chi connectivity index (χ2n) is 3.00. The molecule has 0 radical (unpaired) electrons. The molecule has 0 aliphatic carbocycles. The summed E-state index contributed by atoms with van der Waals surface area (Å²) >= 11 is 3.09.